The van der Waals surface area contributed by atoms with Crippen LogP contribution in [0.2, 0.25) is 5.02 Å². The summed E-state index contributed by atoms with van der Waals surface area (Å²) in [4.78, 5) is 29.2. The molecule has 42 heavy (non-hydrogen) atoms. The van der Waals surface area contributed by atoms with Gasteiger partial charge in [-0.15, -0.1) is 0 Å². The van der Waals surface area contributed by atoms with Crippen LogP contribution in [-0.4, -0.2) is 56.6 Å². The van der Waals surface area contributed by atoms with Crippen molar-refractivity contribution in [1.29, 1.82) is 0 Å². The lowest BCUT2D eigenvalue weighted by Crippen LogP contribution is -2.54. The monoisotopic (exact) mass is 613 g/mol. The first kappa shape index (κ1) is 32.9. The highest BCUT2D eigenvalue weighted by Crippen LogP contribution is 2.23. The number of nitrogens with zero attached hydrogens (tertiary/aromatic N) is 2. The Morgan fingerprint density at radius 3 is 2.10 bits per heavy atom. The summed E-state index contributed by atoms with van der Waals surface area (Å²) in [7, 11) is -2.07. The second kappa shape index (κ2) is 14.6. The van der Waals surface area contributed by atoms with Crippen molar-refractivity contribution in [3.05, 3.63) is 95.0 Å². The molecule has 0 spiro atoms. The second-order valence-electron chi connectivity index (χ2n) is 11.2. The molecule has 0 fully saturated rings. The second-order valence-corrected chi connectivity index (χ2v) is 13.6. The number of ether oxygens (including phenoxy) is 1. The Hall–Kier alpha value is -3.56. The van der Waals surface area contributed by atoms with Gasteiger partial charge in [-0.3, -0.25) is 13.9 Å². The largest absolute Gasteiger partial charge is 0.497 e. The molecule has 8 nitrogen and oxygen atoms in total. The quantitative estimate of drug-likeness (QED) is 0.277. The van der Waals surface area contributed by atoms with Crippen LogP contribution in [0.1, 0.15) is 44.7 Å². The summed E-state index contributed by atoms with van der Waals surface area (Å²) >= 11 is 6.10. The van der Waals surface area contributed by atoms with E-state index in [4.69, 9.17) is 16.3 Å². The van der Waals surface area contributed by atoms with Gasteiger partial charge in [-0.25, -0.2) is 8.42 Å². The molecular weight excluding hydrogens is 574 g/mol. The first-order chi connectivity index (χ1) is 19.8. The normalized spacial score (nSPS) is 12.3. The minimum absolute atomic E-state index is 0.0455. The van der Waals surface area contributed by atoms with E-state index >= 15 is 0 Å². The third-order valence-corrected chi connectivity index (χ3v) is 7.99. The van der Waals surface area contributed by atoms with Crippen molar-refractivity contribution in [2.75, 3.05) is 24.2 Å². The molecule has 3 rings (SSSR count). The van der Waals surface area contributed by atoms with Gasteiger partial charge in [-0.2, -0.15) is 0 Å². The summed E-state index contributed by atoms with van der Waals surface area (Å²) in [5.74, 6) is 0.0981. The van der Waals surface area contributed by atoms with Gasteiger partial charge in [-0.1, -0.05) is 54.1 Å². The van der Waals surface area contributed by atoms with Crippen LogP contribution in [0.5, 0.6) is 5.75 Å². The van der Waals surface area contributed by atoms with Gasteiger partial charge < -0.3 is 15.0 Å². The van der Waals surface area contributed by atoms with E-state index in [2.05, 4.69) is 5.32 Å². The average Bonchev–Trinajstić information content (AvgIpc) is 2.93. The van der Waals surface area contributed by atoms with E-state index in [1.54, 1.807) is 41.3 Å². The predicted octanol–water partition coefficient (Wildman–Crippen LogP) is 5.45. The predicted molar refractivity (Wildman–Crippen MR) is 168 cm³/mol. The fraction of sp³-hybridized carbons (Fsp3) is 0.375. The number of carbonyl (C=O) groups is 2. The number of rotatable bonds is 13. The minimum Gasteiger partial charge on any atom is -0.497 e. The molecule has 0 aromatic heterocycles. The van der Waals surface area contributed by atoms with Crippen LogP contribution in [0.4, 0.5) is 5.69 Å². The Kier molecular flexibility index (Phi) is 11.4. The van der Waals surface area contributed by atoms with Crippen molar-refractivity contribution in [2.24, 2.45) is 0 Å². The summed E-state index contributed by atoms with van der Waals surface area (Å²) in [6, 6.07) is 22.7. The maximum atomic E-state index is 13.9. The number of nitrogens with one attached hydrogen (secondary N) is 1. The zero-order valence-electron chi connectivity index (χ0n) is 24.8. The smallest absolute Gasteiger partial charge is 0.243 e. The molecule has 0 aliphatic heterocycles. The van der Waals surface area contributed by atoms with Crippen LogP contribution in [0.15, 0.2) is 78.9 Å². The first-order valence-corrected chi connectivity index (χ1v) is 16.0. The molecular formula is C32H40ClN3O5S. The Morgan fingerprint density at radius 1 is 0.929 bits per heavy atom. The lowest BCUT2D eigenvalue weighted by Gasteiger charge is -2.34. The highest BCUT2D eigenvalue weighted by atomic mass is 35.5. The van der Waals surface area contributed by atoms with E-state index in [9.17, 15) is 18.0 Å². The van der Waals surface area contributed by atoms with E-state index in [0.717, 1.165) is 17.4 Å². The van der Waals surface area contributed by atoms with Crippen molar-refractivity contribution in [2.45, 2.75) is 58.2 Å². The van der Waals surface area contributed by atoms with Crippen LogP contribution in [0.25, 0.3) is 0 Å². The number of carbonyl (C=O) groups excluding carboxylic acids is 2. The molecule has 226 valence electrons. The topological polar surface area (TPSA) is 96.0 Å². The molecule has 3 aromatic rings. The van der Waals surface area contributed by atoms with Crippen molar-refractivity contribution in [1.82, 2.24) is 10.2 Å². The number of halogens is 1. The Bertz CT molecular complexity index is 1420. The number of methoxy groups -OCH3 is 1. The molecule has 1 atom stereocenters. The highest BCUT2D eigenvalue weighted by molar-refractivity contribution is 7.92. The summed E-state index contributed by atoms with van der Waals surface area (Å²) < 4.78 is 31.7. The van der Waals surface area contributed by atoms with Crippen molar-refractivity contribution in [3.63, 3.8) is 0 Å². The van der Waals surface area contributed by atoms with Crippen molar-refractivity contribution in [3.8, 4) is 5.75 Å². The zero-order chi connectivity index (χ0) is 30.9. The number of amides is 2. The molecule has 0 saturated carbocycles. The van der Waals surface area contributed by atoms with Gasteiger partial charge in [0.25, 0.3) is 0 Å². The number of hydrogen-bond acceptors (Lipinski definition) is 5. The molecule has 0 heterocycles. The van der Waals surface area contributed by atoms with Crippen LogP contribution in [0, 0.1) is 0 Å². The molecule has 0 radical (unpaired) electrons. The van der Waals surface area contributed by atoms with Crippen molar-refractivity contribution >= 4 is 39.1 Å². The third-order valence-electron chi connectivity index (χ3n) is 6.55. The van der Waals surface area contributed by atoms with Gasteiger partial charge in [0.1, 0.15) is 11.8 Å². The Labute approximate surface area is 254 Å². The minimum atomic E-state index is -3.61. The van der Waals surface area contributed by atoms with Gasteiger partial charge in [-0.05, 0) is 74.7 Å². The van der Waals surface area contributed by atoms with E-state index in [1.807, 2.05) is 63.2 Å². The lowest BCUT2D eigenvalue weighted by atomic mass is 10.00. The molecule has 0 saturated heterocycles. The van der Waals surface area contributed by atoms with E-state index < -0.39 is 21.6 Å². The van der Waals surface area contributed by atoms with Crippen LogP contribution >= 0.6 is 11.6 Å². The summed E-state index contributed by atoms with van der Waals surface area (Å²) in [6.07, 6.45) is 1.76. The van der Waals surface area contributed by atoms with E-state index in [0.29, 0.717) is 22.9 Å². The standard InChI is InChI=1S/C32H40ClN3O5S/c1-32(2,3)34-31(38)29(22-24-10-7-6-8-11-24)35(23-25-13-15-26(33)16-14-25)30(37)12-9-21-36(42(5,39)40)27-17-19-28(41-4)20-18-27/h6-8,10-11,13-20,29H,9,12,21-23H2,1-5H3,(H,34,38). The molecule has 0 aliphatic carbocycles. The van der Waals surface area contributed by atoms with E-state index in [1.165, 1.54) is 11.4 Å². The molecule has 3 aromatic carbocycles. The summed E-state index contributed by atoms with van der Waals surface area (Å²) in [6.45, 7) is 5.99. The van der Waals surface area contributed by atoms with Crippen LogP contribution in [-0.2, 0) is 32.6 Å². The molecule has 2 amide bonds. The molecule has 10 heteroatoms. The first-order valence-electron chi connectivity index (χ1n) is 13.8. The Morgan fingerprint density at radius 2 is 1.55 bits per heavy atom. The summed E-state index contributed by atoms with van der Waals surface area (Å²) in [5.41, 5.74) is 1.72. The fourth-order valence-corrected chi connectivity index (χ4v) is 5.64. The maximum Gasteiger partial charge on any atom is 0.243 e. The van der Waals surface area contributed by atoms with Crippen LogP contribution in [0.3, 0.4) is 0 Å². The highest BCUT2D eigenvalue weighted by Gasteiger charge is 2.32. The third kappa shape index (κ3) is 10.1. The molecule has 1 N–H and O–H groups in total. The number of anilines is 1. The van der Waals surface area contributed by atoms with E-state index in [-0.39, 0.29) is 37.7 Å². The summed E-state index contributed by atoms with van der Waals surface area (Å²) in [5, 5.41) is 3.61. The number of hydrogen-bond donors (Lipinski definition) is 1. The van der Waals surface area contributed by atoms with Gasteiger partial charge in [0.2, 0.25) is 21.8 Å². The number of benzene rings is 3. The number of sulfonamides is 1. The van der Waals surface area contributed by atoms with Gasteiger partial charge in [0.15, 0.2) is 0 Å². The zero-order valence-corrected chi connectivity index (χ0v) is 26.4. The van der Waals surface area contributed by atoms with Crippen LogP contribution < -0.4 is 14.4 Å². The lowest BCUT2D eigenvalue weighted by molar-refractivity contribution is -0.142. The molecule has 1 unspecified atom stereocenters. The fourth-order valence-electron chi connectivity index (χ4n) is 4.55. The van der Waals surface area contributed by atoms with Crippen molar-refractivity contribution < 1.29 is 22.7 Å². The maximum absolute atomic E-state index is 13.9. The average molecular weight is 614 g/mol. The molecule has 0 aliphatic rings. The van der Waals surface area contributed by atoms with Gasteiger partial charge >= 0.3 is 0 Å². The molecule has 0 bridgehead atoms. The SMILES string of the molecule is COc1ccc(N(CCCC(=O)N(Cc2ccc(Cl)cc2)C(Cc2ccccc2)C(=O)NC(C)(C)C)S(C)(=O)=O)cc1. The van der Waals surface area contributed by atoms with Gasteiger partial charge in [0, 0.05) is 36.5 Å². The van der Waals surface area contributed by atoms with Gasteiger partial charge in [0.05, 0.1) is 19.1 Å². The Balaban J connectivity index is 1.88.